The molecule has 5 rings (SSSR count). The van der Waals surface area contributed by atoms with Crippen LogP contribution in [0.1, 0.15) is 27.7 Å². The first-order valence-corrected chi connectivity index (χ1v) is 15.4. The van der Waals surface area contributed by atoms with Gasteiger partial charge < -0.3 is 23.5 Å². The lowest BCUT2D eigenvalue weighted by molar-refractivity contribution is 0.00578. The molecule has 5 heterocycles. The van der Waals surface area contributed by atoms with Gasteiger partial charge in [-0.3, -0.25) is 14.3 Å². The van der Waals surface area contributed by atoms with Crippen molar-refractivity contribution in [2.45, 2.75) is 52.0 Å². The van der Waals surface area contributed by atoms with Crippen LogP contribution in [0.25, 0.3) is 22.2 Å². The van der Waals surface area contributed by atoms with Crippen LogP contribution in [0.15, 0.2) is 49.2 Å². The molecule has 0 saturated carbocycles. The maximum atomic E-state index is 5.96. The number of hydrogen-bond acceptors (Lipinski definition) is 9. The van der Waals surface area contributed by atoms with Gasteiger partial charge in [-0.2, -0.15) is 10.2 Å². The van der Waals surface area contributed by atoms with Crippen LogP contribution in [0.3, 0.4) is 0 Å². The number of halogens is 2. The van der Waals surface area contributed by atoms with Gasteiger partial charge in [0.25, 0.3) is 0 Å². The summed E-state index contributed by atoms with van der Waals surface area (Å²) >= 11 is 9.09. The number of rotatable bonds is 10. The number of nitrogens with zero attached hydrogens (tertiary/aromatic N) is 6. The highest BCUT2D eigenvalue weighted by Crippen LogP contribution is 2.36. The third-order valence-corrected chi connectivity index (χ3v) is 7.51. The van der Waals surface area contributed by atoms with E-state index in [1.165, 1.54) is 0 Å². The summed E-state index contributed by atoms with van der Waals surface area (Å²) in [5.74, 6) is 0. The quantitative estimate of drug-likeness (QED) is 0.135. The fourth-order valence-corrected chi connectivity index (χ4v) is 4.30. The molecule has 43 heavy (non-hydrogen) atoms. The first kappa shape index (κ1) is 35.1. The molecule has 0 spiro atoms. The second-order valence-electron chi connectivity index (χ2n) is 10.7. The molecular formula is C29H41BBrClN6O5. The van der Waals surface area contributed by atoms with Crippen molar-refractivity contribution < 1.29 is 23.5 Å². The molecule has 0 aromatic carbocycles. The van der Waals surface area contributed by atoms with E-state index in [0.717, 1.165) is 52.6 Å². The summed E-state index contributed by atoms with van der Waals surface area (Å²) in [6, 6.07) is 5.56. The Morgan fingerprint density at radius 2 is 1.42 bits per heavy atom. The average molecular weight is 680 g/mol. The Labute approximate surface area is 267 Å². The summed E-state index contributed by atoms with van der Waals surface area (Å²) in [6.45, 7) is 11.7. The predicted octanol–water partition coefficient (Wildman–Crippen LogP) is 4.65. The highest BCUT2D eigenvalue weighted by atomic mass is 79.9. The Morgan fingerprint density at radius 3 is 2.00 bits per heavy atom. The van der Waals surface area contributed by atoms with E-state index in [1.54, 1.807) is 33.6 Å². The maximum absolute atomic E-state index is 5.96. The minimum Gasteiger partial charge on any atom is -0.399 e. The molecule has 0 N–H and O–H groups in total. The third-order valence-electron chi connectivity index (χ3n) is 6.98. The number of hydrogen-bond donors (Lipinski definition) is 0. The van der Waals surface area contributed by atoms with Crippen LogP contribution in [-0.2, 0) is 36.6 Å². The van der Waals surface area contributed by atoms with Crippen LogP contribution in [-0.4, -0.2) is 94.3 Å². The highest BCUT2D eigenvalue weighted by molar-refractivity contribution is 9.09. The predicted molar refractivity (Wildman–Crippen MR) is 173 cm³/mol. The van der Waals surface area contributed by atoms with Gasteiger partial charge >= 0.3 is 7.12 Å². The van der Waals surface area contributed by atoms with Gasteiger partial charge in [0.05, 0.1) is 61.3 Å². The summed E-state index contributed by atoms with van der Waals surface area (Å²) in [4.78, 5) is 8.66. The van der Waals surface area contributed by atoms with E-state index in [-0.39, 0.29) is 18.3 Å². The first-order chi connectivity index (χ1) is 20.5. The number of alkyl halides is 1. The second-order valence-corrected chi connectivity index (χ2v) is 11.9. The molecule has 234 valence electrons. The van der Waals surface area contributed by atoms with Crippen molar-refractivity contribution in [2.24, 2.45) is 0 Å². The number of fused-ring (bicyclic) bond motifs is 1. The Bertz CT molecular complexity index is 1400. The molecule has 0 radical (unpaired) electrons. The minimum absolute atomic E-state index is 0.313. The smallest absolute Gasteiger partial charge is 0.399 e. The zero-order chi connectivity index (χ0) is 31.5. The van der Waals surface area contributed by atoms with Crippen molar-refractivity contribution in [3.05, 3.63) is 54.3 Å². The zero-order valence-corrected chi connectivity index (χ0v) is 28.3. The SMILES string of the molecule is COCCBr.COCCn1cc(-c2cnc3ccc(Cl)nc3c2)cn1.COCCn1cc(B2OC(C)(C)C(C)(C)O2)cn1. The summed E-state index contributed by atoms with van der Waals surface area (Å²) in [5.41, 5.74) is 3.89. The molecule has 1 aliphatic rings. The standard InChI is InChI=1S/C14H13ClN4O.C12H21BN2O3.C3H7BrO/c1-20-5-4-19-9-11(8-17-19)10-6-13-12(16-7-10)2-3-14(15)18-13;1-11(2)12(3,4)18-13(17-11)10-8-14-15(9-10)6-7-16-5;1-5-3-2-4/h2-3,6-9H,4-5H2,1H3;8-9H,6-7H2,1-5H3;2-3H2,1H3. The van der Waals surface area contributed by atoms with E-state index in [0.29, 0.717) is 18.4 Å². The van der Waals surface area contributed by atoms with Gasteiger partial charge in [0.2, 0.25) is 0 Å². The monoisotopic (exact) mass is 678 g/mol. The van der Waals surface area contributed by atoms with Crippen molar-refractivity contribution in [3.8, 4) is 11.1 Å². The lowest BCUT2D eigenvalue weighted by atomic mass is 9.82. The zero-order valence-electron chi connectivity index (χ0n) is 25.9. The Hall–Kier alpha value is -2.39. The summed E-state index contributed by atoms with van der Waals surface area (Å²) in [6.07, 6.45) is 9.32. The van der Waals surface area contributed by atoms with E-state index >= 15 is 0 Å². The van der Waals surface area contributed by atoms with Crippen LogP contribution >= 0.6 is 27.5 Å². The average Bonchev–Trinajstić information content (AvgIpc) is 3.69. The first-order valence-electron chi connectivity index (χ1n) is 13.9. The molecule has 0 bridgehead atoms. The number of aromatic nitrogens is 6. The third kappa shape index (κ3) is 10.1. The molecule has 0 amide bonds. The molecule has 14 heteroatoms. The van der Waals surface area contributed by atoms with Gasteiger partial charge in [-0.05, 0) is 45.9 Å². The van der Waals surface area contributed by atoms with Crippen LogP contribution in [0.5, 0.6) is 0 Å². The van der Waals surface area contributed by atoms with Gasteiger partial charge in [-0.25, -0.2) is 4.98 Å². The van der Waals surface area contributed by atoms with Gasteiger partial charge in [0.15, 0.2) is 0 Å². The molecule has 0 unspecified atom stereocenters. The van der Waals surface area contributed by atoms with Crippen molar-refractivity contribution in [1.29, 1.82) is 0 Å². The lowest BCUT2D eigenvalue weighted by Gasteiger charge is -2.32. The fraction of sp³-hybridized carbons (Fsp3) is 0.517. The van der Waals surface area contributed by atoms with E-state index < -0.39 is 0 Å². The largest absolute Gasteiger partial charge is 0.498 e. The van der Waals surface area contributed by atoms with E-state index in [1.807, 2.05) is 74.0 Å². The Morgan fingerprint density at radius 1 is 0.814 bits per heavy atom. The molecule has 1 saturated heterocycles. The van der Waals surface area contributed by atoms with Gasteiger partial charge in [0, 0.05) is 68.0 Å². The molecule has 1 aliphatic heterocycles. The molecular weight excluding hydrogens is 639 g/mol. The topological polar surface area (TPSA) is 108 Å². The van der Waals surface area contributed by atoms with Crippen LogP contribution in [0, 0.1) is 0 Å². The normalized spacial score (nSPS) is 15.1. The molecule has 11 nitrogen and oxygen atoms in total. The van der Waals surface area contributed by atoms with Gasteiger partial charge in [-0.1, -0.05) is 27.5 Å². The maximum Gasteiger partial charge on any atom is 0.498 e. The summed E-state index contributed by atoms with van der Waals surface area (Å²) < 4.78 is 30.3. The molecule has 4 aromatic heterocycles. The molecule has 1 fully saturated rings. The van der Waals surface area contributed by atoms with Crippen LogP contribution in [0.4, 0.5) is 0 Å². The number of pyridine rings is 2. The Balaban J connectivity index is 0.000000205. The van der Waals surface area contributed by atoms with Crippen molar-refractivity contribution >= 4 is 51.1 Å². The molecule has 0 atom stereocenters. The van der Waals surface area contributed by atoms with Crippen molar-refractivity contribution in [2.75, 3.05) is 46.5 Å². The second kappa shape index (κ2) is 16.6. The highest BCUT2D eigenvalue weighted by Gasteiger charge is 2.52. The lowest BCUT2D eigenvalue weighted by Crippen LogP contribution is -2.41. The van der Waals surface area contributed by atoms with Gasteiger partial charge in [-0.15, -0.1) is 0 Å². The fourth-order valence-electron chi connectivity index (χ4n) is 3.82. The van der Waals surface area contributed by atoms with Crippen LogP contribution < -0.4 is 5.46 Å². The van der Waals surface area contributed by atoms with E-state index in [2.05, 4.69) is 40.8 Å². The summed E-state index contributed by atoms with van der Waals surface area (Å²) in [7, 11) is 4.69. The van der Waals surface area contributed by atoms with E-state index in [9.17, 15) is 0 Å². The minimum atomic E-state index is -0.341. The van der Waals surface area contributed by atoms with E-state index in [4.69, 9.17) is 30.4 Å². The van der Waals surface area contributed by atoms with Crippen LogP contribution in [0.2, 0.25) is 5.15 Å². The van der Waals surface area contributed by atoms with Crippen molar-refractivity contribution in [1.82, 2.24) is 29.5 Å². The van der Waals surface area contributed by atoms with Gasteiger partial charge in [0.1, 0.15) is 5.15 Å². The molecule has 4 aromatic rings. The number of ether oxygens (including phenoxy) is 3. The Kier molecular flexibility index (Phi) is 13.6. The summed E-state index contributed by atoms with van der Waals surface area (Å²) in [5, 5.41) is 9.96. The number of methoxy groups -OCH3 is 3. The van der Waals surface area contributed by atoms with Crippen molar-refractivity contribution in [3.63, 3.8) is 0 Å². The molecule has 0 aliphatic carbocycles.